The number of halogens is 1. The van der Waals surface area contributed by atoms with E-state index in [0.717, 1.165) is 22.7 Å². The minimum absolute atomic E-state index is 0.111. The summed E-state index contributed by atoms with van der Waals surface area (Å²) < 4.78 is 5.18. The van der Waals surface area contributed by atoms with Gasteiger partial charge >= 0.3 is 0 Å². The van der Waals surface area contributed by atoms with Crippen LogP contribution >= 0.6 is 11.6 Å². The molecule has 0 spiro atoms. The molecule has 0 aliphatic rings. The molecule has 1 N–H and O–H groups in total. The van der Waals surface area contributed by atoms with Crippen molar-refractivity contribution in [1.29, 1.82) is 0 Å². The van der Waals surface area contributed by atoms with Gasteiger partial charge < -0.3 is 10.1 Å². The van der Waals surface area contributed by atoms with Gasteiger partial charge in [-0.2, -0.15) is 0 Å². The van der Waals surface area contributed by atoms with Gasteiger partial charge in [0.2, 0.25) is 0 Å². The Morgan fingerprint density at radius 1 is 1.10 bits per heavy atom. The Bertz CT molecular complexity index is 599. The Hall–Kier alpha value is -1.81. The van der Waals surface area contributed by atoms with Crippen LogP contribution in [-0.2, 0) is 0 Å². The number of nitrogens with zero attached hydrogens (tertiary/aromatic N) is 2. The summed E-state index contributed by atoms with van der Waals surface area (Å²) >= 11 is 6.19. The molecule has 21 heavy (non-hydrogen) atoms. The van der Waals surface area contributed by atoms with Crippen molar-refractivity contribution in [1.82, 2.24) is 9.97 Å². The molecule has 0 radical (unpaired) electrons. The molecule has 0 bridgehead atoms. The number of hydrogen-bond donors (Lipinski definition) is 1. The number of rotatable bonds is 5. The number of aromatic nitrogens is 2. The molecule has 0 saturated heterocycles. The standard InChI is InChI=1S/C16H20ClN3O/c1-10(2)14-15(17)18-9-19-16(14)20-11(3)12-5-7-13(21-4)8-6-12/h5-11H,1-4H3,(H,18,19,20). The van der Waals surface area contributed by atoms with Gasteiger partial charge in [0.25, 0.3) is 0 Å². The molecular weight excluding hydrogens is 286 g/mol. The van der Waals surface area contributed by atoms with E-state index in [1.807, 2.05) is 24.3 Å². The van der Waals surface area contributed by atoms with E-state index in [9.17, 15) is 0 Å². The molecule has 0 saturated carbocycles. The van der Waals surface area contributed by atoms with Crippen molar-refractivity contribution >= 4 is 17.4 Å². The number of ether oxygens (including phenoxy) is 1. The Labute approximate surface area is 130 Å². The van der Waals surface area contributed by atoms with Crippen molar-refractivity contribution in [2.24, 2.45) is 0 Å². The Morgan fingerprint density at radius 3 is 2.33 bits per heavy atom. The Balaban J connectivity index is 2.22. The molecular formula is C16H20ClN3O. The van der Waals surface area contributed by atoms with Crippen LogP contribution in [0.1, 0.15) is 43.9 Å². The lowest BCUT2D eigenvalue weighted by Gasteiger charge is -2.19. The zero-order valence-electron chi connectivity index (χ0n) is 12.7. The summed E-state index contributed by atoms with van der Waals surface area (Å²) in [6, 6.07) is 8.08. The minimum Gasteiger partial charge on any atom is -0.497 e. The highest BCUT2D eigenvalue weighted by atomic mass is 35.5. The van der Waals surface area contributed by atoms with E-state index in [1.54, 1.807) is 7.11 Å². The number of nitrogens with one attached hydrogen (secondary N) is 1. The van der Waals surface area contributed by atoms with Gasteiger partial charge in [0.05, 0.1) is 7.11 Å². The van der Waals surface area contributed by atoms with E-state index in [2.05, 4.69) is 36.1 Å². The fourth-order valence-corrected chi connectivity index (χ4v) is 2.53. The van der Waals surface area contributed by atoms with Crippen molar-refractivity contribution in [2.75, 3.05) is 12.4 Å². The molecule has 2 rings (SSSR count). The van der Waals surface area contributed by atoms with Crippen LogP contribution in [-0.4, -0.2) is 17.1 Å². The molecule has 0 amide bonds. The van der Waals surface area contributed by atoms with Crippen LogP contribution in [0.25, 0.3) is 0 Å². The average Bonchev–Trinajstić information content (AvgIpc) is 2.47. The molecule has 0 fully saturated rings. The normalized spacial score (nSPS) is 12.3. The monoisotopic (exact) mass is 305 g/mol. The molecule has 1 aromatic heterocycles. The third-order valence-electron chi connectivity index (χ3n) is 3.38. The van der Waals surface area contributed by atoms with Crippen LogP contribution in [0.5, 0.6) is 5.75 Å². The molecule has 2 aromatic rings. The van der Waals surface area contributed by atoms with Crippen molar-refractivity contribution in [3.05, 3.63) is 46.9 Å². The molecule has 0 aliphatic heterocycles. The number of hydrogen-bond acceptors (Lipinski definition) is 4. The van der Waals surface area contributed by atoms with Crippen LogP contribution in [0, 0.1) is 0 Å². The lowest BCUT2D eigenvalue weighted by molar-refractivity contribution is 0.414. The molecule has 1 unspecified atom stereocenters. The lowest BCUT2D eigenvalue weighted by Crippen LogP contribution is -2.11. The molecule has 5 heteroatoms. The first-order chi connectivity index (χ1) is 10.0. The minimum atomic E-state index is 0.111. The molecule has 1 aromatic carbocycles. The van der Waals surface area contributed by atoms with Gasteiger partial charge in [0.15, 0.2) is 0 Å². The maximum Gasteiger partial charge on any atom is 0.138 e. The summed E-state index contributed by atoms with van der Waals surface area (Å²) in [6.07, 6.45) is 1.48. The van der Waals surface area contributed by atoms with E-state index < -0.39 is 0 Å². The highest BCUT2D eigenvalue weighted by molar-refractivity contribution is 6.30. The second kappa shape index (κ2) is 6.76. The van der Waals surface area contributed by atoms with E-state index in [4.69, 9.17) is 16.3 Å². The van der Waals surface area contributed by atoms with Gasteiger partial charge in [0.1, 0.15) is 23.0 Å². The van der Waals surface area contributed by atoms with Crippen molar-refractivity contribution in [3.63, 3.8) is 0 Å². The largest absolute Gasteiger partial charge is 0.497 e. The van der Waals surface area contributed by atoms with Gasteiger partial charge in [0, 0.05) is 11.6 Å². The smallest absolute Gasteiger partial charge is 0.138 e. The predicted molar refractivity (Wildman–Crippen MR) is 86.2 cm³/mol. The van der Waals surface area contributed by atoms with Gasteiger partial charge in [-0.1, -0.05) is 37.6 Å². The third-order valence-corrected chi connectivity index (χ3v) is 3.68. The summed E-state index contributed by atoms with van der Waals surface area (Å²) in [5.74, 6) is 1.89. The molecule has 0 aliphatic carbocycles. The molecule has 1 heterocycles. The van der Waals surface area contributed by atoms with Crippen LogP contribution < -0.4 is 10.1 Å². The van der Waals surface area contributed by atoms with E-state index in [0.29, 0.717) is 5.15 Å². The summed E-state index contributed by atoms with van der Waals surface area (Å²) in [5.41, 5.74) is 2.10. The SMILES string of the molecule is COc1ccc(C(C)Nc2ncnc(Cl)c2C(C)C)cc1. The number of benzene rings is 1. The topological polar surface area (TPSA) is 47.0 Å². The summed E-state index contributed by atoms with van der Waals surface area (Å²) in [6.45, 7) is 6.24. The second-order valence-corrected chi connectivity index (χ2v) is 5.58. The fraction of sp³-hybridized carbons (Fsp3) is 0.375. The van der Waals surface area contributed by atoms with E-state index in [-0.39, 0.29) is 12.0 Å². The van der Waals surface area contributed by atoms with Gasteiger partial charge in [-0.15, -0.1) is 0 Å². The summed E-state index contributed by atoms with van der Waals surface area (Å²) in [4.78, 5) is 8.39. The van der Waals surface area contributed by atoms with Gasteiger partial charge in [-0.25, -0.2) is 9.97 Å². The first-order valence-corrected chi connectivity index (χ1v) is 7.31. The van der Waals surface area contributed by atoms with Crippen LogP contribution in [0.3, 0.4) is 0 Å². The number of methoxy groups -OCH3 is 1. The highest BCUT2D eigenvalue weighted by Gasteiger charge is 2.15. The molecule has 4 nitrogen and oxygen atoms in total. The van der Waals surface area contributed by atoms with E-state index in [1.165, 1.54) is 6.33 Å². The quantitative estimate of drug-likeness (QED) is 0.830. The maximum absolute atomic E-state index is 6.19. The number of anilines is 1. The third kappa shape index (κ3) is 3.64. The maximum atomic E-state index is 6.19. The van der Waals surface area contributed by atoms with E-state index >= 15 is 0 Å². The fourth-order valence-electron chi connectivity index (χ4n) is 2.18. The Kier molecular flexibility index (Phi) is 5.02. The first kappa shape index (κ1) is 15.6. The van der Waals surface area contributed by atoms with Crippen LogP contribution in [0.15, 0.2) is 30.6 Å². The molecule has 112 valence electrons. The zero-order valence-corrected chi connectivity index (χ0v) is 13.5. The summed E-state index contributed by atoms with van der Waals surface area (Å²) in [5, 5.41) is 3.91. The first-order valence-electron chi connectivity index (χ1n) is 6.93. The highest BCUT2D eigenvalue weighted by Crippen LogP contribution is 2.30. The average molecular weight is 306 g/mol. The zero-order chi connectivity index (χ0) is 15.4. The van der Waals surface area contributed by atoms with Crippen LogP contribution in [0.2, 0.25) is 5.15 Å². The molecule has 1 atom stereocenters. The second-order valence-electron chi connectivity index (χ2n) is 5.22. The van der Waals surface area contributed by atoms with Crippen molar-refractivity contribution in [3.8, 4) is 5.75 Å². The van der Waals surface area contributed by atoms with Gasteiger partial charge in [-0.3, -0.25) is 0 Å². The lowest BCUT2D eigenvalue weighted by atomic mass is 10.0. The van der Waals surface area contributed by atoms with Crippen molar-refractivity contribution < 1.29 is 4.74 Å². The van der Waals surface area contributed by atoms with Gasteiger partial charge in [-0.05, 0) is 30.5 Å². The van der Waals surface area contributed by atoms with Crippen molar-refractivity contribution in [2.45, 2.75) is 32.7 Å². The Morgan fingerprint density at radius 2 is 1.76 bits per heavy atom. The summed E-state index contributed by atoms with van der Waals surface area (Å²) in [7, 11) is 1.66. The van der Waals surface area contributed by atoms with Crippen LogP contribution in [0.4, 0.5) is 5.82 Å². The predicted octanol–water partition coefficient (Wildman–Crippen LogP) is 4.44.